The molecule has 0 aliphatic carbocycles. The Morgan fingerprint density at radius 2 is 1.70 bits per heavy atom. The van der Waals surface area contributed by atoms with Gasteiger partial charge in [-0.25, -0.2) is 22.6 Å². The number of rotatable bonds is 4. The van der Waals surface area contributed by atoms with Crippen LogP contribution >= 0.6 is 0 Å². The van der Waals surface area contributed by atoms with E-state index >= 15 is 0 Å². The van der Waals surface area contributed by atoms with Crippen LogP contribution in [0.2, 0.25) is 0 Å². The summed E-state index contributed by atoms with van der Waals surface area (Å²) < 4.78 is 51.9. The summed E-state index contributed by atoms with van der Waals surface area (Å²) in [5.41, 5.74) is 0. The van der Waals surface area contributed by atoms with Crippen LogP contribution in [0.3, 0.4) is 0 Å². The Labute approximate surface area is 191 Å². The molecule has 0 spiro atoms. The lowest BCUT2D eigenvalue weighted by atomic mass is 10.2. The normalized spacial score (nSPS) is 23.5. The summed E-state index contributed by atoms with van der Waals surface area (Å²) in [4.78, 5) is 20.9. The van der Waals surface area contributed by atoms with E-state index in [1.165, 1.54) is 46.9 Å². The van der Waals surface area contributed by atoms with Crippen molar-refractivity contribution in [1.29, 1.82) is 0 Å². The first-order valence-electron chi connectivity index (χ1n) is 11.0. The maximum absolute atomic E-state index is 13.3. The lowest BCUT2D eigenvalue weighted by Crippen LogP contribution is -2.60. The van der Waals surface area contributed by atoms with Gasteiger partial charge in [-0.15, -0.1) is 0 Å². The van der Waals surface area contributed by atoms with Crippen LogP contribution in [-0.4, -0.2) is 85.0 Å². The largest absolute Gasteiger partial charge is 0.439 e. The van der Waals surface area contributed by atoms with Crippen molar-refractivity contribution < 1.29 is 27.1 Å². The molecule has 0 N–H and O–H groups in total. The smallest absolute Gasteiger partial charge is 0.320 e. The van der Waals surface area contributed by atoms with E-state index in [9.17, 15) is 17.6 Å². The van der Waals surface area contributed by atoms with E-state index in [0.29, 0.717) is 32.1 Å². The molecule has 0 unspecified atom stereocenters. The van der Waals surface area contributed by atoms with Gasteiger partial charge in [0, 0.05) is 44.3 Å². The number of halogens is 1. The molecule has 5 rings (SSSR count). The molecule has 0 saturated carbocycles. The van der Waals surface area contributed by atoms with Crippen molar-refractivity contribution in [3.8, 4) is 11.6 Å². The molecule has 2 aromatic rings. The van der Waals surface area contributed by atoms with E-state index < -0.39 is 10.0 Å². The van der Waals surface area contributed by atoms with E-state index in [0.717, 1.165) is 12.8 Å². The quantitative estimate of drug-likeness (QED) is 0.673. The zero-order valence-electron chi connectivity index (χ0n) is 18.0. The van der Waals surface area contributed by atoms with Gasteiger partial charge in [-0.2, -0.15) is 4.31 Å². The van der Waals surface area contributed by atoms with Gasteiger partial charge in [0.15, 0.2) is 0 Å². The molecule has 176 valence electrons. The first kappa shape index (κ1) is 22.1. The number of benzene rings is 1. The van der Waals surface area contributed by atoms with Crippen molar-refractivity contribution in [2.75, 3.05) is 39.4 Å². The van der Waals surface area contributed by atoms with Crippen molar-refractivity contribution in [3.63, 3.8) is 0 Å². The Bertz CT molecular complexity index is 1090. The highest BCUT2D eigenvalue weighted by atomic mass is 32.2. The number of hydrogen-bond acceptors (Lipinski definition) is 6. The average molecular weight is 477 g/mol. The van der Waals surface area contributed by atoms with Gasteiger partial charge in [-0.3, -0.25) is 0 Å². The third-order valence-electron chi connectivity index (χ3n) is 6.33. The lowest BCUT2D eigenvalue weighted by Gasteiger charge is -2.43. The number of nitrogens with zero attached hydrogens (tertiary/aromatic N) is 4. The topological polar surface area (TPSA) is 92.3 Å². The maximum Gasteiger partial charge on any atom is 0.320 e. The van der Waals surface area contributed by atoms with Gasteiger partial charge < -0.3 is 19.3 Å². The molecule has 0 radical (unpaired) electrons. The number of ether oxygens (including phenoxy) is 2. The van der Waals surface area contributed by atoms with E-state index in [2.05, 4.69) is 4.98 Å². The van der Waals surface area contributed by atoms with Crippen LogP contribution < -0.4 is 4.74 Å². The SMILES string of the molecule is O=C(N1CCOCC1)N1[C@@H]2CC[C@H]1CN(S(=O)(=O)c1ccc(Oc3ccc(F)cc3)nc1)C2. The number of carbonyl (C=O) groups excluding carboxylic acids is 1. The fourth-order valence-electron chi connectivity index (χ4n) is 4.64. The monoisotopic (exact) mass is 476 g/mol. The van der Waals surface area contributed by atoms with Gasteiger partial charge in [0.2, 0.25) is 15.9 Å². The Morgan fingerprint density at radius 3 is 2.30 bits per heavy atom. The Kier molecular flexibility index (Phi) is 5.94. The van der Waals surface area contributed by atoms with E-state index in [1.54, 1.807) is 4.90 Å². The fraction of sp³-hybridized carbons (Fsp3) is 0.455. The molecule has 3 aliphatic rings. The number of aromatic nitrogens is 1. The standard InChI is InChI=1S/C22H25FN4O5S/c23-16-1-5-19(6-2-16)32-21-8-7-20(13-24-21)33(29,30)26-14-17-3-4-18(15-26)27(17)22(28)25-9-11-31-12-10-25/h1-2,5-8,13,17-18H,3-4,9-12,14-15H2/t17-,18+. The molecule has 3 aliphatic heterocycles. The van der Waals surface area contributed by atoms with Crippen molar-refractivity contribution in [3.05, 3.63) is 48.4 Å². The molecule has 4 heterocycles. The number of piperazine rings is 1. The molecule has 1 aromatic heterocycles. The maximum atomic E-state index is 13.3. The highest BCUT2D eigenvalue weighted by molar-refractivity contribution is 7.89. The third kappa shape index (κ3) is 4.40. The summed E-state index contributed by atoms with van der Waals surface area (Å²) in [5, 5.41) is 0. The van der Waals surface area contributed by atoms with E-state index in [-0.39, 0.29) is 47.8 Å². The highest BCUT2D eigenvalue weighted by Gasteiger charge is 2.47. The van der Waals surface area contributed by atoms with Crippen molar-refractivity contribution in [2.24, 2.45) is 0 Å². The molecular formula is C22H25FN4O5S. The van der Waals surface area contributed by atoms with Crippen LogP contribution in [0.4, 0.5) is 9.18 Å². The van der Waals surface area contributed by atoms with Gasteiger partial charge in [0.05, 0.1) is 19.4 Å². The summed E-state index contributed by atoms with van der Waals surface area (Å²) in [6, 6.07) is 8.11. The van der Waals surface area contributed by atoms with Crippen molar-refractivity contribution >= 4 is 16.1 Å². The highest BCUT2D eigenvalue weighted by Crippen LogP contribution is 2.34. The van der Waals surface area contributed by atoms with Gasteiger partial charge >= 0.3 is 6.03 Å². The molecule has 9 nitrogen and oxygen atoms in total. The number of fused-ring (bicyclic) bond motifs is 2. The van der Waals surface area contributed by atoms with Crippen molar-refractivity contribution in [2.45, 2.75) is 29.8 Å². The van der Waals surface area contributed by atoms with Crippen LogP contribution in [0.15, 0.2) is 47.5 Å². The van der Waals surface area contributed by atoms with Gasteiger partial charge in [0.25, 0.3) is 0 Å². The number of morpholine rings is 1. The third-order valence-corrected chi connectivity index (χ3v) is 8.15. The zero-order chi connectivity index (χ0) is 23.0. The van der Waals surface area contributed by atoms with Gasteiger partial charge in [0.1, 0.15) is 16.5 Å². The minimum Gasteiger partial charge on any atom is -0.439 e. The lowest BCUT2D eigenvalue weighted by molar-refractivity contribution is 0.0317. The van der Waals surface area contributed by atoms with Crippen LogP contribution in [-0.2, 0) is 14.8 Å². The molecule has 11 heteroatoms. The second kappa shape index (κ2) is 8.88. The summed E-state index contributed by atoms with van der Waals surface area (Å²) in [5.74, 6) is 0.233. The Hall–Kier alpha value is -2.76. The molecule has 2 atom stereocenters. The number of urea groups is 1. The van der Waals surface area contributed by atoms with Crippen LogP contribution in [0.25, 0.3) is 0 Å². The van der Waals surface area contributed by atoms with E-state index in [4.69, 9.17) is 9.47 Å². The summed E-state index contributed by atoms with van der Waals surface area (Å²) in [6.45, 7) is 2.72. The van der Waals surface area contributed by atoms with E-state index in [1.807, 2.05) is 4.90 Å². The summed E-state index contributed by atoms with van der Waals surface area (Å²) in [6.07, 6.45) is 2.84. The average Bonchev–Trinajstić information content (AvgIpc) is 3.09. The van der Waals surface area contributed by atoms with Crippen molar-refractivity contribution in [1.82, 2.24) is 19.1 Å². The molecule has 2 amide bonds. The Balaban J connectivity index is 1.27. The Morgan fingerprint density at radius 1 is 1.03 bits per heavy atom. The second-order valence-corrected chi connectivity index (χ2v) is 10.3. The predicted octanol–water partition coefficient (Wildman–Crippen LogP) is 2.30. The zero-order valence-corrected chi connectivity index (χ0v) is 18.8. The minimum atomic E-state index is -3.76. The number of sulfonamides is 1. The first-order chi connectivity index (χ1) is 15.9. The van der Waals surface area contributed by atoms with Crippen LogP contribution in [0.1, 0.15) is 12.8 Å². The van der Waals surface area contributed by atoms with Gasteiger partial charge in [-0.05, 0) is 43.2 Å². The molecule has 3 saturated heterocycles. The molecule has 1 aromatic carbocycles. The molecule has 3 fully saturated rings. The fourth-order valence-corrected chi connectivity index (χ4v) is 6.10. The summed E-state index contributed by atoms with van der Waals surface area (Å²) in [7, 11) is -3.76. The minimum absolute atomic E-state index is 0.0215. The first-order valence-corrected chi connectivity index (χ1v) is 12.4. The van der Waals surface area contributed by atoms with Gasteiger partial charge in [-0.1, -0.05) is 0 Å². The van der Waals surface area contributed by atoms with Crippen LogP contribution in [0, 0.1) is 5.82 Å². The predicted molar refractivity (Wildman–Crippen MR) is 116 cm³/mol. The number of pyridine rings is 1. The van der Waals surface area contributed by atoms with Crippen LogP contribution in [0.5, 0.6) is 11.6 Å². The summed E-state index contributed by atoms with van der Waals surface area (Å²) >= 11 is 0. The number of carbonyl (C=O) groups is 1. The molecular weight excluding hydrogens is 451 g/mol. The number of hydrogen-bond donors (Lipinski definition) is 0. The second-order valence-electron chi connectivity index (χ2n) is 8.38. The number of amides is 2. The molecule has 33 heavy (non-hydrogen) atoms. The molecule has 2 bridgehead atoms.